The summed E-state index contributed by atoms with van der Waals surface area (Å²) >= 11 is 0. The van der Waals surface area contributed by atoms with Gasteiger partial charge < -0.3 is 21.3 Å². The zero-order valence-corrected chi connectivity index (χ0v) is 11.8. The first kappa shape index (κ1) is 13.9. The predicted octanol–water partition coefficient (Wildman–Crippen LogP) is 1.14. The van der Waals surface area contributed by atoms with Crippen molar-refractivity contribution in [1.82, 2.24) is 10.2 Å². The van der Waals surface area contributed by atoms with E-state index in [0.717, 1.165) is 19.3 Å². The van der Waals surface area contributed by atoms with Crippen molar-refractivity contribution in [2.45, 2.75) is 31.3 Å². The van der Waals surface area contributed by atoms with E-state index in [0.29, 0.717) is 30.4 Å². The highest BCUT2D eigenvalue weighted by Crippen LogP contribution is 2.19. The average molecular weight is 288 g/mol. The van der Waals surface area contributed by atoms with E-state index in [1.165, 1.54) is 0 Å². The summed E-state index contributed by atoms with van der Waals surface area (Å²) in [5, 5.41) is 5.61. The van der Waals surface area contributed by atoms with Gasteiger partial charge in [-0.25, -0.2) is 4.79 Å². The van der Waals surface area contributed by atoms with E-state index >= 15 is 0 Å². The fraction of sp³-hybridized carbons (Fsp3) is 0.467. The number of carbonyl (C=O) groups is 2. The van der Waals surface area contributed by atoms with Crippen molar-refractivity contribution in [2.75, 3.05) is 18.4 Å². The third-order valence-electron chi connectivity index (χ3n) is 3.79. The minimum Gasteiger partial charge on any atom is -0.337 e. The first-order chi connectivity index (χ1) is 10.1. The van der Waals surface area contributed by atoms with E-state index in [1.54, 1.807) is 29.2 Å². The number of likely N-dealkylation sites (tertiary alicyclic amines) is 1. The van der Waals surface area contributed by atoms with Gasteiger partial charge in [-0.05, 0) is 37.5 Å². The maximum absolute atomic E-state index is 12.4. The summed E-state index contributed by atoms with van der Waals surface area (Å²) in [4.78, 5) is 25.8. The third kappa shape index (κ3) is 3.52. The Balaban J connectivity index is 1.64. The zero-order chi connectivity index (χ0) is 14.8. The van der Waals surface area contributed by atoms with Crippen LogP contribution < -0.4 is 16.4 Å². The first-order valence-electron chi connectivity index (χ1n) is 7.34. The Kier molecular flexibility index (Phi) is 3.79. The van der Waals surface area contributed by atoms with Crippen molar-refractivity contribution in [3.05, 3.63) is 29.8 Å². The minimum atomic E-state index is -0.217. The molecular weight excluding hydrogens is 268 g/mol. The molecule has 6 heteroatoms. The second-order valence-corrected chi connectivity index (χ2v) is 5.75. The lowest BCUT2D eigenvalue weighted by Gasteiger charge is -2.16. The second kappa shape index (κ2) is 5.73. The molecule has 0 spiro atoms. The molecule has 0 radical (unpaired) electrons. The van der Waals surface area contributed by atoms with Crippen LogP contribution in [0.1, 0.15) is 29.6 Å². The number of carbonyl (C=O) groups excluding carboxylic acids is 2. The van der Waals surface area contributed by atoms with E-state index in [-0.39, 0.29) is 18.0 Å². The lowest BCUT2D eigenvalue weighted by molar-refractivity contribution is 0.0791. The number of hydrogen-bond donors (Lipinski definition) is 3. The van der Waals surface area contributed by atoms with Gasteiger partial charge in [0, 0.05) is 36.4 Å². The quantitative estimate of drug-likeness (QED) is 0.779. The highest BCUT2D eigenvalue weighted by Gasteiger charge is 2.25. The van der Waals surface area contributed by atoms with Gasteiger partial charge in [-0.15, -0.1) is 0 Å². The topological polar surface area (TPSA) is 87.5 Å². The van der Waals surface area contributed by atoms with E-state index in [4.69, 9.17) is 5.73 Å². The van der Waals surface area contributed by atoms with Crippen molar-refractivity contribution in [1.29, 1.82) is 0 Å². The number of anilines is 1. The summed E-state index contributed by atoms with van der Waals surface area (Å²) in [6, 6.07) is 7.18. The predicted molar refractivity (Wildman–Crippen MR) is 80.1 cm³/mol. The van der Waals surface area contributed by atoms with Crippen molar-refractivity contribution < 1.29 is 9.59 Å². The van der Waals surface area contributed by atoms with Crippen molar-refractivity contribution >= 4 is 17.6 Å². The molecule has 1 aromatic rings. The largest absolute Gasteiger partial charge is 0.337 e. The second-order valence-electron chi connectivity index (χ2n) is 5.75. The summed E-state index contributed by atoms with van der Waals surface area (Å²) in [6.07, 6.45) is 2.93. The maximum Gasteiger partial charge on any atom is 0.319 e. The summed E-state index contributed by atoms with van der Waals surface area (Å²) in [5.41, 5.74) is 7.03. The molecule has 1 saturated heterocycles. The molecule has 0 aromatic heterocycles. The number of nitrogens with two attached hydrogens (primary N) is 1. The van der Waals surface area contributed by atoms with Crippen molar-refractivity contribution in [3.8, 4) is 0 Å². The Labute approximate surface area is 123 Å². The molecule has 4 N–H and O–H groups in total. The van der Waals surface area contributed by atoms with Gasteiger partial charge in [-0.2, -0.15) is 0 Å². The van der Waals surface area contributed by atoms with E-state index in [1.807, 2.05) is 0 Å². The maximum atomic E-state index is 12.4. The van der Waals surface area contributed by atoms with Gasteiger partial charge in [-0.1, -0.05) is 6.07 Å². The molecule has 3 amide bonds. The SMILES string of the molecule is N[C@@H]1CCN(C(=O)c2cccc(NC(=O)NC3CC3)c2)C1. The summed E-state index contributed by atoms with van der Waals surface area (Å²) in [7, 11) is 0. The normalized spacial score (nSPS) is 21.2. The zero-order valence-electron chi connectivity index (χ0n) is 11.8. The fourth-order valence-corrected chi connectivity index (χ4v) is 2.46. The van der Waals surface area contributed by atoms with Gasteiger partial charge in [-0.3, -0.25) is 4.79 Å². The number of nitrogens with zero attached hydrogens (tertiary/aromatic N) is 1. The van der Waals surface area contributed by atoms with Crippen LogP contribution in [-0.2, 0) is 0 Å². The van der Waals surface area contributed by atoms with Gasteiger partial charge in [0.25, 0.3) is 5.91 Å². The van der Waals surface area contributed by atoms with Crippen molar-refractivity contribution in [3.63, 3.8) is 0 Å². The Morgan fingerprint density at radius 3 is 2.71 bits per heavy atom. The first-order valence-corrected chi connectivity index (χ1v) is 7.34. The van der Waals surface area contributed by atoms with Gasteiger partial charge >= 0.3 is 6.03 Å². The van der Waals surface area contributed by atoms with Crippen LogP contribution in [0.4, 0.5) is 10.5 Å². The summed E-state index contributed by atoms with van der Waals surface area (Å²) in [6.45, 7) is 1.29. The van der Waals surface area contributed by atoms with E-state index in [2.05, 4.69) is 10.6 Å². The lowest BCUT2D eigenvalue weighted by Crippen LogP contribution is -2.32. The number of nitrogens with one attached hydrogen (secondary N) is 2. The molecule has 1 heterocycles. The Morgan fingerprint density at radius 2 is 2.05 bits per heavy atom. The smallest absolute Gasteiger partial charge is 0.319 e. The number of benzene rings is 1. The molecule has 112 valence electrons. The molecule has 1 aliphatic heterocycles. The summed E-state index contributed by atoms with van der Waals surface area (Å²) in [5.74, 6) is -0.0331. The number of hydrogen-bond acceptors (Lipinski definition) is 3. The Hall–Kier alpha value is -2.08. The Bertz CT molecular complexity index is 556. The molecule has 2 aliphatic rings. The van der Waals surface area contributed by atoms with Gasteiger partial charge in [0.2, 0.25) is 0 Å². The van der Waals surface area contributed by atoms with Crippen LogP contribution in [0, 0.1) is 0 Å². The molecular formula is C15H20N4O2. The molecule has 1 aromatic carbocycles. The highest BCUT2D eigenvalue weighted by molar-refractivity contribution is 5.97. The van der Waals surface area contributed by atoms with Crippen LogP contribution in [-0.4, -0.2) is 42.0 Å². The monoisotopic (exact) mass is 288 g/mol. The van der Waals surface area contributed by atoms with Crippen LogP contribution in [0.5, 0.6) is 0 Å². The fourth-order valence-electron chi connectivity index (χ4n) is 2.46. The molecule has 3 rings (SSSR count). The van der Waals surface area contributed by atoms with Crippen LogP contribution in [0.25, 0.3) is 0 Å². The third-order valence-corrected chi connectivity index (χ3v) is 3.79. The highest BCUT2D eigenvalue weighted by atomic mass is 16.2. The van der Waals surface area contributed by atoms with Crippen LogP contribution in [0.3, 0.4) is 0 Å². The molecule has 0 unspecified atom stereocenters. The van der Waals surface area contributed by atoms with Gasteiger partial charge in [0.1, 0.15) is 0 Å². The number of rotatable bonds is 3. The van der Waals surface area contributed by atoms with Crippen LogP contribution in [0.2, 0.25) is 0 Å². The molecule has 1 saturated carbocycles. The average Bonchev–Trinajstić information content (AvgIpc) is 3.16. The van der Waals surface area contributed by atoms with Gasteiger partial charge in [0.05, 0.1) is 0 Å². The molecule has 0 bridgehead atoms. The molecule has 1 atom stereocenters. The van der Waals surface area contributed by atoms with Gasteiger partial charge in [0.15, 0.2) is 0 Å². The van der Waals surface area contributed by atoms with Crippen LogP contribution in [0.15, 0.2) is 24.3 Å². The molecule has 21 heavy (non-hydrogen) atoms. The number of amides is 3. The molecule has 6 nitrogen and oxygen atoms in total. The molecule has 2 fully saturated rings. The number of urea groups is 1. The summed E-state index contributed by atoms with van der Waals surface area (Å²) < 4.78 is 0. The minimum absolute atomic E-state index is 0.0331. The molecule has 1 aliphatic carbocycles. The van der Waals surface area contributed by atoms with E-state index < -0.39 is 0 Å². The van der Waals surface area contributed by atoms with E-state index in [9.17, 15) is 9.59 Å². The van der Waals surface area contributed by atoms with Crippen LogP contribution >= 0.6 is 0 Å². The standard InChI is InChI=1S/C15H20N4O2/c16-11-6-7-19(9-11)14(20)10-2-1-3-13(8-10)18-15(21)17-12-4-5-12/h1-3,8,11-12H,4-7,9,16H2,(H2,17,18,21)/t11-/m1/s1. The Morgan fingerprint density at radius 1 is 1.24 bits per heavy atom. The lowest BCUT2D eigenvalue weighted by atomic mass is 10.2. The van der Waals surface area contributed by atoms with Crippen molar-refractivity contribution in [2.24, 2.45) is 5.73 Å².